The maximum absolute atomic E-state index is 13.9. The van der Waals surface area contributed by atoms with Crippen molar-refractivity contribution in [3.63, 3.8) is 0 Å². The van der Waals surface area contributed by atoms with E-state index in [1.165, 1.54) is 0 Å². The largest absolute Gasteiger partial charge is 0.380 e. The van der Waals surface area contributed by atoms with E-state index in [1.54, 1.807) is 18.7 Å². The van der Waals surface area contributed by atoms with E-state index in [-0.39, 0.29) is 41.6 Å². The molecule has 0 saturated heterocycles. The van der Waals surface area contributed by atoms with E-state index in [0.717, 1.165) is 28.1 Å². The first kappa shape index (κ1) is 30.3. The Morgan fingerprint density at radius 3 is 2.39 bits per heavy atom. The van der Waals surface area contributed by atoms with E-state index >= 15 is 0 Å². The lowest BCUT2D eigenvalue weighted by Gasteiger charge is -2.29. The SMILES string of the molecule is CC(C)(N)CC(=O)N[C@@H]1CCc2ccccc2N(CC2=CC=C(c3ccccc3NC(C)(C)C)C(=S(=O)=O)C2)C1=O. The van der Waals surface area contributed by atoms with Crippen LogP contribution in [0.25, 0.3) is 5.57 Å². The molecule has 0 radical (unpaired) electrons. The van der Waals surface area contributed by atoms with Gasteiger partial charge in [0, 0.05) is 53.0 Å². The number of aryl methyl sites for hydroxylation is 1. The smallest absolute Gasteiger partial charge is 0.249 e. The molecule has 0 bridgehead atoms. The summed E-state index contributed by atoms with van der Waals surface area (Å²) < 4.78 is 25.0. The number of benzene rings is 2. The summed E-state index contributed by atoms with van der Waals surface area (Å²) in [7, 11) is -2.47. The van der Waals surface area contributed by atoms with E-state index in [2.05, 4.69) is 31.4 Å². The minimum Gasteiger partial charge on any atom is -0.380 e. The maximum Gasteiger partial charge on any atom is 0.249 e. The zero-order chi connectivity index (χ0) is 29.9. The van der Waals surface area contributed by atoms with Crippen molar-refractivity contribution in [2.24, 2.45) is 5.73 Å². The third-order valence-corrected chi connectivity index (χ3v) is 7.73. The number of nitrogens with one attached hydrogen (secondary N) is 2. The Labute approximate surface area is 244 Å². The van der Waals surface area contributed by atoms with Gasteiger partial charge in [0.1, 0.15) is 6.04 Å². The van der Waals surface area contributed by atoms with Gasteiger partial charge >= 0.3 is 0 Å². The summed E-state index contributed by atoms with van der Waals surface area (Å²) >= 11 is 0. The summed E-state index contributed by atoms with van der Waals surface area (Å²) in [5.41, 5.74) is 9.97. The van der Waals surface area contributed by atoms with Gasteiger partial charge in [-0.2, -0.15) is 8.42 Å². The van der Waals surface area contributed by atoms with Gasteiger partial charge in [0.05, 0.1) is 4.86 Å². The highest BCUT2D eigenvalue weighted by Crippen LogP contribution is 2.33. The number of hydrogen-bond acceptors (Lipinski definition) is 6. The van der Waals surface area contributed by atoms with Crippen molar-refractivity contribution in [2.75, 3.05) is 16.8 Å². The molecule has 1 atom stereocenters. The topological polar surface area (TPSA) is 122 Å². The van der Waals surface area contributed by atoms with Crippen molar-refractivity contribution in [2.45, 2.75) is 77.4 Å². The lowest BCUT2D eigenvalue weighted by molar-refractivity contribution is -0.128. The van der Waals surface area contributed by atoms with Crippen LogP contribution in [0.1, 0.15) is 65.0 Å². The second-order valence-electron chi connectivity index (χ2n) is 12.5. The number of amides is 2. The molecule has 1 heterocycles. The van der Waals surface area contributed by atoms with Crippen LogP contribution in [-0.4, -0.2) is 48.8 Å². The highest BCUT2D eigenvalue weighted by Gasteiger charge is 2.33. The van der Waals surface area contributed by atoms with Crippen molar-refractivity contribution in [1.29, 1.82) is 0 Å². The molecule has 2 amide bonds. The maximum atomic E-state index is 13.9. The number of anilines is 2. The fourth-order valence-corrected chi connectivity index (χ4v) is 5.92. The summed E-state index contributed by atoms with van der Waals surface area (Å²) in [5, 5.41) is 6.37. The van der Waals surface area contributed by atoms with Crippen molar-refractivity contribution < 1.29 is 18.0 Å². The molecule has 0 unspecified atom stereocenters. The predicted octanol–water partition coefficient (Wildman–Crippen LogP) is 4.25. The quantitative estimate of drug-likeness (QED) is 0.424. The second-order valence-corrected chi connectivity index (χ2v) is 13.5. The molecule has 2 aliphatic rings. The molecule has 4 N–H and O–H groups in total. The van der Waals surface area contributed by atoms with Gasteiger partial charge in [-0.15, -0.1) is 0 Å². The third-order valence-electron chi connectivity index (χ3n) is 6.96. The van der Waals surface area contributed by atoms with Gasteiger partial charge in [0.25, 0.3) is 0 Å². The lowest BCUT2D eigenvalue weighted by atomic mass is 9.91. The molecule has 9 heteroatoms. The van der Waals surface area contributed by atoms with Crippen molar-refractivity contribution >= 4 is 43.9 Å². The van der Waals surface area contributed by atoms with Crippen LogP contribution in [-0.2, 0) is 26.3 Å². The van der Waals surface area contributed by atoms with Crippen LogP contribution < -0.4 is 21.3 Å². The molecule has 1 aliphatic heterocycles. The van der Waals surface area contributed by atoms with Crippen LogP contribution in [0.2, 0.25) is 0 Å². The molecular formula is C32H40N4O4S. The minimum atomic E-state index is -2.47. The summed E-state index contributed by atoms with van der Waals surface area (Å²) in [6, 6.07) is 14.7. The summed E-state index contributed by atoms with van der Waals surface area (Å²) in [6.07, 6.45) is 5.09. The van der Waals surface area contributed by atoms with Crippen molar-refractivity contribution in [3.05, 3.63) is 77.4 Å². The number of hydrogen-bond donors (Lipinski definition) is 3. The average Bonchev–Trinajstić information content (AvgIpc) is 2.99. The molecule has 1 aliphatic carbocycles. The number of para-hydroxylation sites is 2. The summed E-state index contributed by atoms with van der Waals surface area (Å²) in [6.45, 7) is 9.90. The Kier molecular flexibility index (Phi) is 8.89. The standard InChI is InChI=1S/C32H40N4O4S/c1-31(2,3)35-25-12-8-7-11-23(25)24-16-14-21(18-28(24)41(39)40)20-36-27-13-9-6-10-22(27)15-17-26(30(36)38)34-29(37)19-32(4,5)33/h6-14,16,26,35H,15,17-20,33H2,1-5H3,(H,34,37)/t26-/m1/s1. The number of fused-ring (bicyclic) bond motifs is 1. The van der Waals surface area contributed by atoms with Crippen LogP contribution in [0.5, 0.6) is 0 Å². The van der Waals surface area contributed by atoms with Gasteiger partial charge < -0.3 is 21.3 Å². The fraction of sp³-hybridized carbons (Fsp3) is 0.406. The molecule has 0 saturated carbocycles. The van der Waals surface area contributed by atoms with Gasteiger partial charge in [-0.3, -0.25) is 9.59 Å². The first-order valence-electron chi connectivity index (χ1n) is 13.9. The normalized spacial score (nSPS) is 17.7. The molecule has 218 valence electrons. The first-order valence-corrected chi connectivity index (χ1v) is 15.0. The molecular weight excluding hydrogens is 536 g/mol. The predicted molar refractivity (Wildman–Crippen MR) is 166 cm³/mol. The van der Waals surface area contributed by atoms with Gasteiger partial charge in [-0.25, -0.2) is 0 Å². The van der Waals surface area contributed by atoms with E-state index < -0.39 is 21.9 Å². The zero-order valence-corrected chi connectivity index (χ0v) is 25.3. The van der Waals surface area contributed by atoms with Crippen LogP contribution >= 0.6 is 0 Å². The van der Waals surface area contributed by atoms with Crippen LogP contribution in [0, 0.1) is 0 Å². The number of allylic oxidation sites excluding steroid dienone is 3. The average molecular weight is 577 g/mol. The Hall–Kier alpha value is -3.69. The number of rotatable bonds is 7. The Morgan fingerprint density at radius 1 is 1.02 bits per heavy atom. The van der Waals surface area contributed by atoms with E-state index in [1.807, 2.05) is 60.7 Å². The fourth-order valence-electron chi connectivity index (χ4n) is 5.26. The molecule has 8 nitrogen and oxygen atoms in total. The highest BCUT2D eigenvalue weighted by atomic mass is 32.2. The number of carbonyl (C=O) groups is 2. The van der Waals surface area contributed by atoms with Gasteiger partial charge in [-0.1, -0.05) is 48.6 Å². The van der Waals surface area contributed by atoms with E-state index in [4.69, 9.17) is 5.73 Å². The molecule has 0 fully saturated rings. The minimum absolute atomic E-state index is 0.0988. The third kappa shape index (κ3) is 7.74. The monoisotopic (exact) mass is 576 g/mol. The lowest BCUT2D eigenvalue weighted by Crippen LogP contribution is -2.50. The molecule has 41 heavy (non-hydrogen) atoms. The summed E-state index contributed by atoms with van der Waals surface area (Å²) in [4.78, 5) is 28.5. The first-order chi connectivity index (χ1) is 19.2. The Morgan fingerprint density at radius 2 is 1.71 bits per heavy atom. The van der Waals surface area contributed by atoms with Gasteiger partial charge in [0.2, 0.25) is 22.1 Å². The van der Waals surface area contributed by atoms with Crippen molar-refractivity contribution in [3.8, 4) is 0 Å². The second kappa shape index (κ2) is 12.0. The molecule has 4 rings (SSSR count). The number of nitrogens with zero attached hydrogens (tertiary/aromatic N) is 1. The van der Waals surface area contributed by atoms with Crippen molar-refractivity contribution in [1.82, 2.24) is 5.32 Å². The molecule has 2 aromatic carbocycles. The molecule has 2 aromatic rings. The van der Waals surface area contributed by atoms with E-state index in [0.29, 0.717) is 18.4 Å². The van der Waals surface area contributed by atoms with E-state index in [9.17, 15) is 18.0 Å². The molecule has 0 aromatic heterocycles. The molecule has 0 spiro atoms. The number of nitrogens with two attached hydrogens (primary N) is 1. The van der Waals surface area contributed by atoms with Gasteiger partial charge in [0.15, 0.2) is 0 Å². The number of carbonyl (C=O) groups excluding carboxylic acids is 2. The zero-order valence-electron chi connectivity index (χ0n) is 24.5. The Balaban J connectivity index is 1.68. The Bertz CT molecular complexity index is 1530. The summed E-state index contributed by atoms with van der Waals surface area (Å²) in [5.74, 6) is -0.496. The van der Waals surface area contributed by atoms with Crippen LogP contribution in [0.15, 0.2) is 66.3 Å². The highest BCUT2D eigenvalue weighted by molar-refractivity contribution is 7.74. The van der Waals surface area contributed by atoms with Gasteiger partial charge in [-0.05, 0) is 70.7 Å². The van der Waals surface area contributed by atoms with Crippen LogP contribution in [0.4, 0.5) is 11.4 Å². The van der Waals surface area contributed by atoms with Crippen LogP contribution in [0.3, 0.4) is 0 Å².